The van der Waals surface area contributed by atoms with E-state index in [-0.39, 0.29) is 11.2 Å². The molecule has 2 N–H and O–H groups in total. The van der Waals surface area contributed by atoms with Crippen molar-refractivity contribution in [2.75, 3.05) is 58.1 Å². The molecular formula is C34H39N7O3S. The largest absolute Gasteiger partial charge is 0.493 e. The first-order valence-corrected chi connectivity index (χ1v) is 15.2. The van der Waals surface area contributed by atoms with Crippen LogP contribution in [0.25, 0.3) is 0 Å². The monoisotopic (exact) mass is 625 g/mol. The first-order chi connectivity index (χ1) is 21.9. The maximum Gasteiger partial charge on any atom is 0.229 e. The number of guanidine groups is 1. The summed E-state index contributed by atoms with van der Waals surface area (Å²) in [5.41, 5.74) is 4.91. The minimum atomic E-state index is 0.147. The lowest BCUT2D eigenvalue weighted by Crippen LogP contribution is -2.52. The number of piperazine rings is 1. The van der Waals surface area contributed by atoms with Gasteiger partial charge in [0.05, 0.1) is 27.4 Å². The van der Waals surface area contributed by atoms with Crippen LogP contribution in [0.3, 0.4) is 0 Å². The predicted molar refractivity (Wildman–Crippen MR) is 183 cm³/mol. The minimum Gasteiger partial charge on any atom is -0.493 e. The number of aryl methyl sites for hydroxylation is 2. The number of thiocarbonyl (C=S) groups is 1. The summed E-state index contributed by atoms with van der Waals surface area (Å²) in [6, 6.07) is 27.0. The molecule has 1 saturated heterocycles. The molecule has 234 valence electrons. The number of benzene rings is 3. The van der Waals surface area contributed by atoms with Gasteiger partial charge in [0.1, 0.15) is 0 Å². The van der Waals surface area contributed by atoms with Crippen molar-refractivity contribution in [1.82, 2.24) is 19.8 Å². The van der Waals surface area contributed by atoms with Crippen LogP contribution in [-0.4, -0.2) is 78.3 Å². The van der Waals surface area contributed by atoms with Crippen molar-refractivity contribution >= 4 is 34.9 Å². The predicted octanol–water partition coefficient (Wildman–Crippen LogP) is 5.69. The second kappa shape index (κ2) is 14.8. The molecule has 0 aliphatic carbocycles. The second-order valence-corrected chi connectivity index (χ2v) is 11.0. The normalized spacial score (nSPS) is 13.8. The summed E-state index contributed by atoms with van der Waals surface area (Å²) in [7, 11) is 4.71. The summed E-state index contributed by atoms with van der Waals surface area (Å²) in [4.78, 5) is 18.7. The van der Waals surface area contributed by atoms with E-state index < -0.39 is 0 Å². The summed E-state index contributed by atoms with van der Waals surface area (Å²) in [6.45, 7) is 6.96. The maximum absolute atomic E-state index is 5.73. The van der Waals surface area contributed by atoms with Crippen LogP contribution in [-0.2, 0) is 0 Å². The number of nitrogens with zero attached hydrogens (tertiary/aromatic N) is 5. The Morgan fingerprint density at radius 2 is 1.29 bits per heavy atom. The number of hydrogen-bond donors (Lipinski definition) is 2. The van der Waals surface area contributed by atoms with E-state index in [1.54, 1.807) is 33.5 Å². The van der Waals surface area contributed by atoms with Gasteiger partial charge in [0.15, 0.2) is 11.5 Å². The zero-order valence-electron chi connectivity index (χ0n) is 26.3. The molecule has 10 nitrogen and oxygen atoms in total. The molecule has 11 heteroatoms. The van der Waals surface area contributed by atoms with Gasteiger partial charge in [-0.25, -0.2) is 9.97 Å². The lowest BCUT2D eigenvalue weighted by molar-refractivity contribution is 0.150. The van der Waals surface area contributed by atoms with Crippen molar-refractivity contribution in [3.63, 3.8) is 0 Å². The molecule has 45 heavy (non-hydrogen) atoms. The third kappa shape index (κ3) is 7.86. The molecule has 0 spiro atoms. The van der Waals surface area contributed by atoms with Crippen LogP contribution in [0.1, 0.15) is 28.6 Å². The molecule has 0 bridgehead atoms. The van der Waals surface area contributed by atoms with E-state index in [9.17, 15) is 0 Å². The maximum atomic E-state index is 5.73. The molecule has 0 saturated carbocycles. The van der Waals surface area contributed by atoms with Crippen LogP contribution < -0.4 is 24.8 Å². The molecule has 1 aromatic heterocycles. The fraction of sp³-hybridized carbons (Fsp3) is 0.294. The van der Waals surface area contributed by atoms with Crippen LogP contribution in [0.2, 0.25) is 0 Å². The van der Waals surface area contributed by atoms with E-state index in [1.165, 1.54) is 11.1 Å². The Balaban J connectivity index is 1.40. The van der Waals surface area contributed by atoms with Gasteiger partial charge in [-0.1, -0.05) is 60.7 Å². The minimum absolute atomic E-state index is 0.147. The molecular weight excluding hydrogens is 586 g/mol. The lowest BCUT2D eigenvalue weighted by atomic mass is 9.96. The van der Waals surface area contributed by atoms with E-state index in [4.69, 9.17) is 31.4 Å². The van der Waals surface area contributed by atoms with Crippen molar-refractivity contribution in [1.29, 1.82) is 0 Å². The topological polar surface area (TPSA) is 96.4 Å². The number of methoxy groups -OCH3 is 3. The van der Waals surface area contributed by atoms with Crippen LogP contribution in [0.15, 0.2) is 83.9 Å². The molecule has 0 amide bonds. The number of anilines is 2. The van der Waals surface area contributed by atoms with Gasteiger partial charge in [-0.2, -0.15) is 4.99 Å². The highest BCUT2D eigenvalue weighted by Gasteiger charge is 2.28. The number of rotatable bonds is 8. The van der Waals surface area contributed by atoms with Gasteiger partial charge in [-0.15, -0.1) is 0 Å². The van der Waals surface area contributed by atoms with Gasteiger partial charge in [0, 0.05) is 55.4 Å². The molecule has 1 fully saturated rings. The smallest absolute Gasteiger partial charge is 0.229 e. The van der Waals surface area contributed by atoms with Gasteiger partial charge in [0.25, 0.3) is 0 Å². The SMILES string of the molecule is COc1cc(NC(=S)/N=C(\Nc2nc(C)cc(C)n2)N2CCN(C(c3ccccc3)c3ccccc3)CC2)cc(OC)c1OC. The first-order valence-electron chi connectivity index (χ1n) is 14.8. The molecule has 5 rings (SSSR count). The van der Waals surface area contributed by atoms with Crippen LogP contribution in [0.4, 0.5) is 11.6 Å². The third-order valence-corrected chi connectivity index (χ3v) is 7.73. The summed E-state index contributed by atoms with van der Waals surface area (Å²) < 4.78 is 16.5. The van der Waals surface area contributed by atoms with Gasteiger partial charge in [-0.05, 0) is 43.3 Å². The van der Waals surface area contributed by atoms with Crippen molar-refractivity contribution < 1.29 is 14.2 Å². The highest BCUT2D eigenvalue weighted by atomic mass is 32.1. The van der Waals surface area contributed by atoms with Gasteiger partial charge < -0.3 is 24.4 Å². The standard InChI is InChI=1S/C34H39N7O3S/c1-23-20-24(2)36-32(35-23)38-33(39-34(45)37-27-21-28(42-3)31(44-5)29(22-27)43-4)41-18-16-40(17-19-41)30(25-12-8-6-9-13-25)26-14-10-7-11-15-26/h6-15,20-22,30H,16-19H2,1-5H3,(H2,35,36,37,38,39,45). The Morgan fingerprint density at radius 1 is 0.756 bits per heavy atom. The lowest BCUT2D eigenvalue weighted by Gasteiger charge is -2.40. The third-order valence-electron chi connectivity index (χ3n) is 7.54. The zero-order chi connectivity index (χ0) is 31.8. The Hall–Kier alpha value is -4.74. The van der Waals surface area contributed by atoms with E-state index in [0.29, 0.717) is 34.8 Å². The van der Waals surface area contributed by atoms with Gasteiger partial charge in [0.2, 0.25) is 22.8 Å². The van der Waals surface area contributed by atoms with Crippen molar-refractivity contribution in [3.05, 3.63) is 101 Å². The quantitative estimate of drug-likeness (QED) is 0.144. The fourth-order valence-corrected chi connectivity index (χ4v) is 5.74. The summed E-state index contributed by atoms with van der Waals surface area (Å²) >= 11 is 5.73. The van der Waals surface area contributed by atoms with Crippen molar-refractivity contribution in [2.24, 2.45) is 4.99 Å². The Labute approximate surface area is 270 Å². The fourth-order valence-electron chi connectivity index (χ4n) is 5.54. The Bertz CT molecular complexity index is 1540. The van der Waals surface area contributed by atoms with E-state index in [0.717, 1.165) is 37.6 Å². The Morgan fingerprint density at radius 3 is 1.78 bits per heavy atom. The van der Waals surface area contributed by atoms with Gasteiger partial charge >= 0.3 is 0 Å². The van der Waals surface area contributed by atoms with Crippen molar-refractivity contribution in [3.8, 4) is 17.2 Å². The number of ether oxygens (including phenoxy) is 3. The van der Waals surface area contributed by atoms with Gasteiger partial charge in [-0.3, -0.25) is 10.2 Å². The molecule has 1 aliphatic heterocycles. The highest BCUT2D eigenvalue weighted by Crippen LogP contribution is 2.40. The van der Waals surface area contributed by atoms with Crippen LogP contribution in [0, 0.1) is 13.8 Å². The van der Waals surface area contributed by atoms with E-state index in [1.807, 2.05) is 19.9 Å². The first kappa shape index (κ1) is 31.7. The summed E-state index contributed by atoms with van der Waals surface area (Å²) in [5, 5.41) is 6.81. The summed E-state index contributed by atoms with van der Waals surface area (Å²) in [6.07, 6.45) is 0. The van der Waals surface area contributed by atoms with Crippen molar-refractivity contribution in [2.45, 2.75) is 19.9 Å². The number of nitrogens with one attached hydrogen (secondary N) is 2. The molecule has 0 radical (unpaired) electrons. The van der Waals surface area contributed by atoms with E-state index >= 15 is 0 Å². The summed E-state index contributed by atoms with van der Waals surface area (Å²) in [5.74, 6) is 2.55. The number of aliphatic imine (C=N–C) groups is 1. The molecule has 0 atom stereocenters. The molecule has 1 aliphatic rings. The number of aromatic nitrogens is 2. The highest BCUT2D eigenvalue weighted by molar-refractivity contribution is 7.80. The molecule has 3 aromatic carbocycles. The molecule has 0 unspecified atom stereocenters. The van der Waals surface area contributed by atoms with Crippen LogP contribution >= 0.6 is 12.2 Å². The second-order valence-electron chi connectivity index (χ2n) is 10.6. The van der Waals surface area contributed by atoms with Crippen LogP contribution in [0.5, 0.6) is 17.2 Å². The van der Waals surface area contributed by atoms with E-state index in [2.05, 4.69) is 91.1 Å². The zero-order valence-corrected chi connectivity index (χ0v) is 27.1. The average molecular weight is 626 g/mol. The Kier molecular flexibility index (Phi) is 10.4. The molecule has 2 heterocycles. The average Bonchev–Trinajstić information content (AvgIpc) is 3.05. The number of hydrogen-bond acceptors (Lipinski definition) is 7. The molecule has 4 aromatic rings.